The number of nitriles is 2. The van der Waals surface area contributed by atoms with Crippen LogP contribution in [-0.4, -0.2) is 24.2 Å². The van der Waals surface area contributed by atoms with Gasteiger partial charge < -0.3 is 10.0 Å². The molecule has 0 aliphatic carbocycles. The van der Waals surface area contributed by atoms with Crippen molar-refractivity contribution in [1.82, 2.24) is 0 Å². The highest BCUT2D eigenvalue weighted by molar-refractivity contribution is 5.70. The number of anilines is 1. The van der Waals surface area contributed by atoms with Crippen molar-refractivity contribution in [1.29, 1.82) is 10.5 Å². The summed E-state index contributed by atoms with van der Waals surface area (Å²) in [5, 5.41) is 26.4. The Kier molecular flexibility index (Phi) is 4.58. The van der Waals surface area contributed by atoms with Gasteiger partial charge in [-0.2, -0.15) is 10.5 Å². The molecule has 21 heavy (non-hydrogen) atoms. The van der Waals surface area contributed by atoms with Crippen LogP contribution in [-0.2, 0) is 4.79 Å². The van der Waals surface area contributed by atoms with E-state index in [2.05, 4.69) is 4.90 Å². The molecule has 0 saturated carbocycles. The van der Waals surface area contributed by atoms with Crippen molar-refractivity contribution in [3.63, 3.8) is 0 Å². The van der Waals surface area contributed by atoms with Gasteiger partial charge in [0.15, 0.2) is 0 Å². The van der Waals surface area contributed by atoms with E-state index in [1.165, 1.54) is 0 Å². The summed E-state index contributed by atoms with van der Waals surface area (Å²) < 4.78 is 0. The van der Waals surface area contributed by atoms with Gasteiger partial charge in [-0.1, -0.05) is 12.1 Å². The van der Waals surface area contributed by atoms with Crippen LogP contribution in [0.1, 0.15) is 18.4 Å². The Morgan fingerprint density at radius 3 is 2.24 bits per heavy atom. The van der Waals surface area contributed by atoms with Gasteiger partial charge in [0.05, 0.1) is 5.92 Å². The van der Waals surface area contributed by atoms with Gasteiger partial charge in [-0.15, -0.1) is 0 Å². The summed E-state index contributed by atoms with van der Waals surface area (Å²) >= 11 is 0. The Labute approximate surface area is 123 Å². The van der Waals surface area contributed by atoms with E-state index >= 15 is 0 Å². The summed E-state index contributed by atoms with van der Waals surface area (Å²) in [5.41, 5.74) is 1.91. The number of nitrogens with zero attached hydrogens (tertiary/aromatic N) is 3. The highest BCUT2D eigenvalue weighted by Gasteiger charge is 2.24. The molecule has 1 aliphatic rings. The highest BCUT2D eigenvalue weighted by Crippen LogP contribution is 2.24. The zero-order valence-corrected chi connectivity index (χ0v) is 11.5. The van der Waals surface area contributed by atoms with Gasteiger partial charge in [0.1, 0.15) is 17.7 Å². The third kappa shape index (κ3) is 3.61. The molecule has 0 amide bonds. The van der Waals surface area contributed by atoms with Gasteiger partial charge >= 0.3 is 5.97 Å². The van der Waals surface area contributed by atoms with Gasteiger partial charge in [-0.05, 0) is 36.6 Å². The second-order valence-corrected chi connectivity index (χ2v) is 4.97. The van der Waals surface area contributed by atoms with Crippen molar-refractivity contribution in [3.05, 3.63) is 35.4 Å². The van der Waals surface area contributed by atoms with Gasteiger partial charge in [0.25, 0.3) is 0 Å². The van der Waals surface area contributed by atoms with Crippen LogP contribution in [0.2, 0.25) is 0 Å². The number of benzene rings is 1. The average Bonchev–Trinajstić information content (AvgIpc) is 2.53. The summed E-state index contributed by atoms with van der Waals surface area (Å²) in [6, 6.07) is 11.2. The predicted molar refractivity (Wildman–Crippen MR) is 78.2 cm³/mol. The number of carboxylic acids is 1. The van der Waals surface area contributed by atoms with Crippen LogP contribution in [0.15, 0.2) is 29.8 Å². The van der Waals surface area contributed by atoms with Gasteiger partial charge in [-0.25, -0.2) is 0 Å². The molecule has 0 spiro atoms. The molecule has 5 heteroatoms. The number of rotatable bonds is 3. The van der Waals surface area contributed by atoms with Crippen molar-refractivity contribution in [2.45, 2.75) is 12.8 Å². The molecule has 5 nitrogen and oxygen atoms in total. The molecule has 0 aromatic heterocycles. The quantitative estimate of drug-likeness (QED) is 0.859. The molecule has 0 radical (unpaired) electrons. The first kappa shape index (κ1) is 14.6. The van der Waals surface area contributed by atoms with Crippen LogP contribution in [0.4, 0.5) is 5.69 Å². The third-order valence-electron chi connectivity index (χ3n) is 3.65. The summed E-state index contributed by atoms with van der Waals surface area (Å²) in [6.45, 7) is 1.46. The topological polar surface area (TPSA) is 88.1 Å². The summed E-state index contributed by atoms with van der Waals surface area (Å²) in [4.78, 5) is 13.1. The zero-order chi connectivity index (χ0) is 15.2. The number of piperidine rings is 1. The van der Waals surface area contributed by atoms with Gasteiger partial charge in [0, 0.05) is 18.8 Å². The summed E-state index contributed by atoms with van der Waals surface area (Å²) in [6.07, 6.45) is 2.86. The fraction of sp³-hybridized carbons (Fsp3) is 0.312. The third-order valence-corrected chi connectivity index (χ3v) is 3.65. The fourth-order valence-electron chi connectivity index (χ4n) is 2.42. The first-order valence-corrected chi connectivity index (χ1v) is 6.73. The lowest BCUT2D eigenvalue weighted by Gasteiger charge is -2.32. The fourth-order valence-corrected chi connectivity index (χ4v) is 2.42. The number of hydrogen-bond donors (Lipinski definition) is 1. The molecule has 1 aliphatic heterocycles. The Bertz CT molecular complexity index is 611. The van der Waals surface area contributed by atoms with Crippen LogP contribution in [0.5, 0.6) is 0 Å². The normalized spacial score (nSPS) is 14.9. The van der Waals surface area contributed by atoms with Crippen molar-refractivity contribution >= 4 is 17.7 Å². The Morgan fingerprint density at radius 2 is 1.76 bits per heavy atom. The molecule has 1 aromatic rings. The second kappa shape index (κ2) is 6.58. The smallest absolute Gasteiger partial charge is 0.306 e. The minimum atomic E-state index is -0.712. The average molecular weight is 281 g/mol. The zero-order valence-electron chi connectivity index (χ0n) is 11.5. The Morgan fingerprint density at radius 1 is 1.19 bits per heavy atom. The van der Waals surface area contributed by atoms with Crippen molar-refractivity contribution in [2.24, 2.45) is 5.92 Å². The summed E-state index contributed by atoms with van der Waals surface area (Å²) in [7, 11) is 0. The van der Waals surface area contributed by atoms with E-state index in [0.29, 0.717) is 12.8 Å². The minimum Gasteiger partial charge on any atom is -0.481 e. The molecule has 0 unspecified atom stereocenters. The number of allylic oxidation sites excluding steroid dienone is 1. The van der Waals surface area contributed by atoms with Crippen molar-refractivity contribution in [3.8, 4) is 12.1 Å². The predicted octanol–water partition coefficient (Wildman–Crippen LogP) is 2.42. The van der Waals surface area contributed by atoms with E-state index in [9.17, 15) is 4.79 Å². The van der Waals surface area contributed by atoms with Crippen molar-refractivity contribution < 1.29 is 9.90 Å². The molecule has 106 valence electrons. The first-order chi connectivity index (χ1) is 10.1. The molecule has 1 N–H and O–H groups in total. The Balaban J connectivity index is 2.04. The molecular formula is C16H15N3O2. The first-order valence-electron chi connectivity index (χ1n) is 6.73. The second-order valence-electron chi connectivity index (χ2n) is 4.97. The largest absolute Gasteiger partial charge is 0.481 e. The van der Waals surface area contributed by atoms with Crippen LogP contribution < -0.4 is 4.90 Å². The maximum absolute atomic E-state index is 10.9. The monoisotopic (exact) mass is 281 g/mol. The number of aliphatic carboxylic acids is 1. The van der Waals surface area contributed by atoms with Gasteiger partial charge in [0.2, 0.25) is 0 Å². The van der Waals surface area contributed by atoms with Crippen LogP contribution in [0.3, 0.4) is 0 Å². The van der Waals surface area contributed by atoms with E-state index in [-0.39, 0.29) is 11.5 Å². The van der Waals surface area contributed by atoms with Crippen LogP contribution in [0.25, 0.3) is 6.08 Å². The van der Waals surface area contributed by atoms with E-state index < -0.39 is 5.97 Å². The SMILES string of the molecule is N#CC(C#N)=Cc1ccc(N2CCC(C(=O)O)CC2)cc1. The maximum Gasteiger partial charge on any atom is 0.306 e. The van der Waals surface area contributed by atoms with Crippen LogP contribution in [0, 0.1) is 28.6 Å². The van der Waals surface area contributed by atoms with E-state index in [1.54, 1.807) is 6.08 Å². The lowest BCUT2D eigenvalue weighted by atomic mass is 9.96. The molecule has 1 heterocycles. The number of carboxylic acid groups (broad SMARTS) is 1. The van der Waals surface area contributed by atoms with E-state index in [0.717, 1.165) is 24.3 Å². The number of hydrogen-bond acceptors (Lipinski definition) is 4. The Hall–Kier alpha value is -2.79. The standard InChI is InChI=1S/C16H15N3O2/c17-10-13(11-18)9-12-1-3-15(4-2-12)19-7-5-14(6-8-19)16(20)21/h1-4,9,14H,5-8H2,(H,20,21). The van der Waals surface area contributed by atoms with E-state index in [4.69, 9.17) is 15.6 Å². The molecule has 0 atom stereocenters. The molecule has 1 fully saturated rings. The highest BCUT2D eigenvalue weighted by atomic mass is 16.4. The van der Waals surface area contributed by atoms with Crippen molar-refractivity contribution in [2.75, 3.05) is 18.0 Å². The summed E-state index contributed by atoms with van der Waals surface area (Å²) in [5.74, 6) is -0.951. The molecular weight excluding hydrogens is 266 g/mol. The molecule has 0 bridgehead atoms. The van der Waals surface area contributed by atoms with E-state index in [1.807, 2.05) is 36.4 Å². The molecule has 1 saturated heterocycles. The molecule has 2 rings (SSSR count). The molecule has 1 aromatic carbocycles. The minimum absolute atomic E-state index is 0.0741. The lowest BCUT2D eigenvalue weighted by molar-refractivity contribution is -0.142. The lowest BCUT2D eigenvalue weighted by Crippen LogP contribution is -2.36. The number of carbonyl (C=O) groups is 1. The van der Waals surface area contributed by atoms with Crippen LogP contribution >= 0.6 is 0 Å². The van der Waals surface area contributed by atoms with Gasteiger partial charge in [-0.3, -0.25) is 4.79 Å². The maximum atomic E-state index is 10.9.